The smallest absolute Gasteiger partial charge is 0.126 e. The van der Waals surface area contributed by atoms with Gasteiger partial charge in [0, 0.05) is 15.9 Å². The van der Waals surface area contributed by atoms with Crippen LogP contribution in [0.4, 0.5) is 4.39 Å². The zero-order valence-electron chi connectivity index (χ0n) is 7.02. The molecule has 1 aromatic rings. The largest absolute Gasteiger partial charge is 0.387 e. The molecule has 0 heterocycles. The van der Waals surface area contributed by atoms with Gasteiger partial charge in [0.15, 0.2) is 0 Å². The Kier molecular flexibility index (Phi) is 3.71. The van der Waals surface area contributed by atoms with Crippen molar-refractivity contribution in [2.45, 2.75) is 13.0 Å². The maximum absolute atomic E-state index is 13.1. The lowest BCUT2D eigenvalue weighted by Gasteiger charge is -2.10. The van der Waals surface area contributed by atoms with E-state index in [1.54, 1.807) is 6.92 Å². The summed E-state index contributed by atoms with van der Waals surface area (Å²) in [6, 6.07) is 2.78. The van der Waals surface area contributed by atoms with Crippen LogP contribution in [0.1, 0.15) is 17.2 Å². The van der Waals surface area contributed by atoms with Crippen LogP contribution in [-0.4, -0.2) is 10.4 Å². The Balaban J connectivity index is 3.15. The molecule has 72 valence electrons. The second kappa shape index (κ2) is 4.40. The Morgan fingerprint density at radius 3 is 2.77 bits per heavy atom. The number of aryl methyl sites for hydroxylation is 1. The number of benzene rings is 1. The molecule has 0 aromatic heterocycles. The first-order valence-electron chi connectivity index (χ1n) is 3.76. The van der Waals surface area contributed by atoms with Gasteiger partial charge in [-0.25, -0.2) is 4.39 Å². The minimum Gasteiger partial charge on any atom is -0.387 e. The second-order valence-corrected chi connectivity index (χ2v) is 3.85. The average molecular weight is 268 g/mol. The fourth-order valence-corrected chi connectivity index (χ4v) is 1.69. The first-order chi connectivity index (χ1) is 6.06. The molecule has 1 atom stereocenters. The number of hydrogen-bond acceptors (Lipinski definition) is 1. The van der Waals surface area contributed by atoms with E-state index >= 15 is 0 Å². The van der Waals surface area contributed by atoms with Crippen LogP contribution in [0.5, 0.6) is 0 Å². The van der Waals surface area contributed by atoms with Crippen molar-refractivity contribution in [1.82, 2.24) is 0 Å². The highest BCUT2D eigenvalue weighted by molar-refractivity contribution is 9.09. The third-order valence-corrected chi connectivity index (χ3v) is 2.72. The van der Waals surface area contributed by atoms with Crippen molar-refractivity contribution in [1.29, 1.82) is 0 Å². The lowest BCUT2D eigenvalue weighted by Crippen LogP contribution is -2.00. The summed E-state index contributed by atoms with van der Waals surface area (Å²) in [5.74, 6) is -0.348. The van der Waals surface area contributed by atoms with Crippen LogP contribution in [0.3, 0.4) is 0 Å². The monoisotopic (exact) mass is 266 g/mol. The minimum atomic E-state index is -0.761. The summed E-state index contributed by atoms with van der Waals surface area (Å²) in [4.78, 5) is 0. The van der Waals surface area contributed by atoms with E-state index in [0.29, 0.717) is 21.5 Å². The predicted octanol–water partition coefficient (Wildman–Crippen LogP) is 3.22. The Labute approximate surface area is 89.7 Å². The first kappa shape index (κ1) is 11.0. The van der Waals surface area contributed by atoms with Gasteiger partial charge in [-0.05, 0) is 24.6 Å². The van der Waals surface area contributed by atoms with E-state index < -0.39 is 6.10 Å². The van der Waals surface area contributed by atoms with Crippen LogP contribution in [0.25, 0.3) is 0 Å². The van der Waals surface area contributed by atoms with Crippen molar-refractivity contribution >= 4 is 27.5 Å². The van der Waals surface area contributed by atoms with Gasteiger partial charge in [-0.3, -0.25) is 0 Å². The van der Waals surface area contributed by atoms with Crippen molar-refractivity contribution in [3.63, 3.8) is 0 Å². The molecular formula is C9H9BrClFO. The molecule has 0 fully saturated rings. The maximum atomic E-state index is 13.1. The second-order valence-electron chi connectivity index (χ2n) is 2.79. The van der Waals surface area contributed by atoms with Gasteiger partial charge < -0.3 is 5.11 Å². The van der Waals surface area contributed by atoms with E-state index in [4.69, 9.17) is 11.6 Å². The molecule has 1 unspecified atom stereocenters. The highest BCUT2D eigenvalue weighted by Gasteiger charge is 2.12. The quantitative estimate of drug-likeness (QED) is 0.816. The summed E-state index contributed by atoms with van der Waals surface area (Å²) in [6.07, 6.45) is -0.761. The van der Waals surface area contributed by atoms with E-state index in [2.05, 4.69) is 15.9 Å². The normalized spacial score (nSPS) is 13.0. The summed E-state index contributed by atoms with van der Waals surface area (Å²) in [5.41, 5.74) is 0.900. The predicted molar refractivity (Wildman–Crippen MR) is 54.9 cm³/mol. The highest BCUT2D eigenvalue weighted by atomic mass is 79.9. The molecule has 0 aliphatic heterocycles. The van der Waals surface area contributed by atoms with Crippen LogP contribution < -0.4 is 0 Å². The van der Waals surface area contributed by atoms with Crippen molar-refractivity contribution in [2.75, 3.05) is 5.33 Å². The molecule has 0 saturated carbocycles. The molecule has 1 rings (SSSR count). The third kappa shape index (κ3) is 2.42. The molecule has 0 aliphatic carbocycles. The Bertz CT molecular complexity index is 317. The topological polar surface area (TPSA) is 20.2 Å². The zero-order valence-corrected chi connectivity index (χ0v) is 9.36. The molecule has 0 saturated heterocycles. The van der Waals surface area contributed by atoms with Crippen molar-refractivity contribution in [3.8, 4) is 0 Å². The van der Waals surface area contributed by atoms with E-state index in [0.717, 1.165) is 0 Å². The van der Waals surface area contributed by atoms with Gasteiger partial charge in [-0.1, -0.05) is 27.5 Å². The van der Waals surface area contributed by atoms with Gasteiger partial charge >= 0.3 is 0 Å². The first-order valence-corrected chi connectivity index (χ1v) is 5.25. The highest BCUT2D eigenvalue weighted by Crippen LogP contribution is 2.26. The molecule has 0 amide bonds. The molecule has 1 N–H and O–H groups in total. The molecule has 0 spiro atoms. The van der Waals surface area contributed by atoms with Gasteiger partial charge in [0.1, 0.15) is 5.82 Å². The van der Waals surface area contributed by atoms with E-state index in [9.17, 15) is 9.50 Å². The number of hydrogen-bond donors (Lipinski definition) is 1. The van der Waals surface area contributed by atoms with Gasteiger partial charge in [-0.2, -0.15) is 0 Å². The van der Waals surface area contributed by atoms with E-state index in [-0.39, 0.29) is 5.82 Å². The Morgan fingerprint density at radius 2 is 2.23 bits per heavy atom. The van der Waals surface area contributed by atoms with Gasteiger partial charge in [-0.15, -0.1) is 0 Å². The summed E-state index contributed by atoms with van der Waals surface area (Å²) in [6.45, 7) is 1.63. The Morgan fingerprint density at radius 1 is 1.62 bits per heavy atom. The van der Waals surface area contributed by atoms with Crippen LogP contribution in [0.15, 0.2) is 12.1 Å². The maximum Gasteiger partial charge on any atom is 0.126 e. The number of aliphatic hydroxyl groups is 1. The average Bonchev–Trinajstić information content (AvgIpc) is 2.10. The van der Waals surface area contributed by atoms with Crippen LogP contribution in [0.2, 0.25) is 5.02 Å². The lowest BCUT2D eigenvalue weighted by molar-refractivity contribution is 0.205. The number of halogens is 3. The lowest BCUT2D eigenvalue weighted by atomic mass is 10.1. The standard InChI is InChI=1S/C9H9BrClFO/c1-5-2-7(11)6(3-8(5)12)9(13)4-10/h2-3,9,13H,4H2,1H3. The molecule has 4 heteroatoms. The van der Waals surface area contributed by atoms with Gasteiger partial charge in [0.2, 0.25) is 0 Å². The van der Waals surface area contributed by atoms with Crippen LogP contribution in [-0.2, 0) is 0 Å². The number of alkyl halides is 1. The van der Waals surface area contributed by atoms with Gasteiger partial charge in [0.05, 0.1) is 6.10 Å². The fraction of sp³-hybridized carbons (Fsp3) is 0.333. The van der Waals surface area contributed by atoms with Gasteiger partial charge in [0.25, 0.3) is 0 Å². The summed E-state index contributed by atoms with van der Waals surface area (Å²) in [5, 5.41) is 10.2. The number of aliphatic hydroxyl groups excluding tert-OH is 1. The van der Waals surface area contributed by atoms with Crippen LogP contribution in [0, 0.1) is 12.7 Å². The summed E-state index contributed by atoms with van der Waals surface area (Å²) >= 11 is 8.93. The van der Waals surface area contributed by atoms with Crippen molar-refractivity contribution in [2.24, 2.45) is 0 Å². The Hall–Kier alpha value is -0.120. The van der Waals surface area contributed by atoms with E-state index in [1.807, 2.05) is 0 Å². The van der Waals surface area contributed by atoms with Crippen molar-refractivity contribution in [3.05, 3.63) is 34.1 Å². The fourth-order valence-electron chi connectivity index (χ4n) is 1.00. The number of rotatable bonds is 2. The summed E-state index contributed by atoms with van der Waals surface area (Å²) in [7, 11) is 0. The molecule has 1 nitrogen and oxygen atoms in total. The molecular weight excluding hydrogens is 258 g/mol. The van der Waals surface area contributed by atoms with E-state index in [1.165, 1.54) is 12.1 Å². The molecule has 0 radical (unpaired) electrons. The third-order valence-electron chi connectivity index (χ3n) is 1.78. The van der Waals surface area contributed by atoms with Crippen LogP contribution >= 0.6 is 27.5 Å². The molecule has 0 bridgehead atoms. The SMILES string of the molecule is Cc1cc(Cl)c(C(O)CBr)cc1F. The minimum absolute atomic E-state index is 0.342. The van der Waals surface area contributed by atoms with Crippen molar-refractivity contribution < 1.29 is 9.50 Å². The molecule has 13 heavy (non-hydrogen) atoms. The molecule has 0 aliphatic rings. The zero-order chi connectivity index (χ0) is 10.0. The molecule has 1 aromatic carbocycles. The summed E-state index contributed by atoms with van der Waals surface area (Å²) < 4.78 is 13.1.